The Balaban J connectivity index is 2.48. The van der Waals surface area contributed by atoms with Gasteiger partial charge in [0.25, 0.3) is 0 Å². The van der Waals surface area contributed by atoms with Crippen LogP contribution in [-0.2, 0) is 19.1 Å². The summed E-state index contributed by atoms with van der Waals surface area (Å²) in [6.07, 6.45) is 0. The smallest absolute Gasteiger partial charge is 0.325 e. The molecule has 8 heteroatoms. The lowest BCUT2D eigenvalue weighted by atomic mass is 10.2. The second-order valence-electron chi connectivity index (χ2n) is 3.65. The van der Waals surface area contributed by atoms with Gasteiger partial charge in [-0.25, -0.2) is 4.79 Å². The molecule has 1 atom stereocenters. The van der Waals surface area contributed by atoms with Gasteiger partial charge in [-0.3, -0.25) is 9.59 Å². The standard InChI is InChI=1S/C10H17N3O5/c1-2-18-8(14)5-12-10(16)13-3-4-17-6-7(13)9(11)15/h7H,2-6H2,1H3,(H2,11,15)(H,12,16). The van der Waals surface area contributed by atoms with E-state index >= 15 is 0 Å². The number of primary amides is 1. The highest BCUT2D eigenvalue weighted by atomic mass is 16.5. The Bertz CT molecular complexity index is 333. The van der Waals surface area contributed by atoms with Crippen molar-refractivity contribution >= 4 is 17.9 Å². The normalized spacial score (nSPS) is 19.2. The van der Waals surface area contributed by atoms with Gasteiger partial charge in [0, 0.05) is 6.54 Å². The molecule has 1 fully saturated rings. The van der Waals surface area contributed by atoms with Crippen molar-refractivity contribution in [2.24, 2.45) is 5.73 Å². The van der Waals surface area contributed by atoms with E-state index in [1.54, 1.807) is 6.92 Å². The molecule has 1 unspecified atom stereocenters. The lowest BCUT2D eigenvalue weighted by Gasteiger charge is -2.33. The van der Waals surface area contributed by atoms with Gasteiger partial charge in [0.15, 0.2) is 0 Å². The zero-order valence-corrected chi connectivity index (χ0v) is 10.2. The van der Waals surface area contributed by atoms with Crippen molar-refractivity contribution in [2.45, 2.75) is 13.0 Å². The molecule has 0 bridgehead atoms. The molecule has 0 radical (unpaired) electrons. The number of esters is 1. The number of nitrogens with zero attached hydrogens (tertiary/aromatic N) is 1. The first-order valence-electron chi connectivity index (χ1n) is 5.63. The van der Waals surface area contributed by atoms with E-state index in [0.717, 1.165) is 0 Å². The summed E-state index contributed by atoms with van der Waals surface area (Å²) < 4.78 is 9.74. The van der Waals surface area contributed by atoms with Crippen LogP contribution >= 0.6 is 0 Å². The summed E-state index contributed by atoms with van der Waals surface area (Å²) in [5, 5.41) is 2.37. The van der Waals surface area contributed by atoms with E-state index in [0.29, 0.717) is 6.61 Å². The van der Waals surface area contributed by atoms with Gasteiger partial charge in [-0.15, -0.1) is 0 Å². The quantitative estimate of drug-likeness (QED) is 0.593. The third kappa shape index (κ3) is 3.88. The van der Waals surface area contributed by atoms with Crippen LogP contribution in [0.25, 0.3) is 0 Å². The predicted molar refractivity (Wildman–Crippen MR) is 60.5 cm³/mol. The fraction of sp³-hybridized carbons (Fsp3) is 0.700. The fourth-order valence-corrected chi connectivity index (χ4v) is 1.54. The van der Waals surface area contributed by atoms with Gasteiger partial charge in [-0.05, 0) is 6.92 Å². The van der Waals surface area contributed by atoms with Crippen molar-refractivity contribution in [3.63, 3.8) is 0 Å². The number of hydrogen-bond acceptors (Lipinski definition) is 5. The topological polar surface area (TPSA) is 111 Å². The molecule has 3 amide bonds. The Morgan fingerprint density at radius 1 is 1.50 bits per heavy atom. The van der Waals surface area contributed by atoms with Crippen molar-refractivity contribution in [3.8, 4) is 0 Å². The third-order valence-electron chi connectivity index (χ3n) is 2.41. The van der Waals surface area contributed by atoms with Crippen LogP contribution in [0.5, 0.6) is 0 Å². The molecule has 0 aromatic carbocycles. The number of carbonyl (C=O) groups excluding carboxylic acids is 3. The number of carbonyl (C=O) groups is 3. The fourth-order valence-electron chi connectivity index (χ4n) is 1.54. The second-order valence-corrected chi connectivity index (χ2v) is 3.65. The van der Waals surface area contributed by atoms with Crippen LogP contribution in [0.4, 0.5) is 4.79 Å². The maximum Gasteiger partial charge on any atom is 0.325 e. The highest BCUT2D eigenvalue weighted by Crippen LogP contribution is 2.06. The molecule has 1 rings (SSSR count). The molecule has 18 heavy (non-hydrogen) atoms. The Hall–Kier alpha value is -1.83. The number of ether oxygens (including phenoxy) is 2. The van der Waals surface area contributed by atoms with E-state index in [-0.39, 0.29) is 26.3 Å². The first-order chi connectivity index (χ1) is 8.56. The molecule has 1 aliphatic heterocycles. The van der Waals surface area contributed by atoms with E-state index in [2.05, 4.69) is 10.1 Å². The van der Waals surface area contributed by atoms with Gasteiger partial charge in [-0.1, -0.05) is 0 Å². The van der Waals surface area contributed by atoms with Crippen LogP contribution in [0.1, 0.15) is 6.92 Å². The van der Waals surface area contributed by atoms with Gasteiger partial charge in [0.1, 0.15) is 12.6 Å². The van der Waals surface area contributed by atoms with E-state index < -0.39 is 23.9 Å². The van der Waals surface area contributed by atoms with E-state index in [9.17, 15) is 14.4 Å². The Morgan fingerprint density at radius 2 is 2.22 bits per heavy atom. The largest absolute Gasteiger partial charge is 0.465 e. The third-order valence-corrected chi connectivity index (χ3v) is 2.41. The number of nitrogens with two attached hydrogens (primary N) is 1. The summed E-state index contributed by atoms with van der Waals surface area (Å²) in [5.41, 5.74) is 5.17. The zero-order valence-electron chi connectivity index (χ0n) is 10.2. The molecular weight excluding hydrogens is 242 g/mol. The Kier molecular flexibility index (Phi) is 5.37. The molecule has 0 aliphatic carbocycles. The SMILES string of the molecule is CCOC(=O)CNC(=O)N1CCOCC1C(N)=O. The Morgan fingerprint density at radius 3 is 2.83 bits per heavy atom. The van der Waals surface area contributed by atoms with Gasteiger partial charge in [0.05, 0.1) is 19.8 Å². The molecule has 0 saturated carbocycles. The number of urea groups is 1. The van der Waals surface area contributed by atoms with Crippen LogP contribution in [0, 0.1) is 0 Å². The van der Waals surface area contributed by atoms with Crippen LogP contribution in [0.15, 0.2) is 0 Å². The van der Waals surface area contributed by atoms with Gasteiger partial charge in [-0.2, -0.15) is 0 Å². The van der Waals surface area contributed by atoms with Crippen molar-refractivity contribution in [2.75, 3.05) is 32.9 Å². The monoisotopic (exact) mass is 259 g/mol. The maximum atomic E-state index is 11.8. The summed E-state index contributed by atoms with van der Waals surface area (Å²) >= 11 is 0. The summed E-state index contributed by atoms with van der Waals surface area (Å²) in [4.78, 5) is 35.2. The van der Waals surface area contributed by atoms with Crippen molar-refractivity contribution < 1.29 is 23.9 Å². The second kappa shape index (κ2) is 6.80. The first kappa shape index (κ1) is 14.2. The van der Waals surface area contributed by atoms with Crippen LogP contribution in [-0.4, -0.2) is 61.8 Å². The average molecular weight is 259 g/mol. The lowest BCUT2D eigenvalue weighted by Crippen LogP contribution is -2.57. The minimum atomic E-state index is -0.805. The van der Waals surface area contributed by atoms with Gasteiger partial charge < -0.3 is 25.4 Å². The molecule has 102 valence electrons. The molecule has 0 aromatic rings. The average Bonchev–Trinajstić information content (AvgIpc) is 2.36. The lowest BCUT2D eigenvalue weighted by molar-refractivity contribution is -0.141. The molecule has 1 aliphatic rings. The van der Waals surface area contributed by atoms with Crippen LogP contribution in [0.3, 0.4) is 0 Å². The maximum absolute atomic E-state index is 11.8. The summed E-state index contributed by atoms with van der Waals surface area (Å²) in [7, 11) is 0. The van der Waals surface area contributed by atoms with Crippen molar-refractivity contribution in [1.82, 2.24) is 10.2 Å². The Labute approximate surface area is 104 Å². The van der Waals surface area contributed by atoms with Crippen molar-refractivity contribution in [1.29, 1.82) is 0 Å². The predicted octanol–water partition coefficient (Wildman–Crippen LogP) is -1.55. The van der Waals surface area contributed by atoms with E-state index in [1.807, 2.05) is 0 Å². The number of rotatable bonds is 4. The number of hydrogen-bond donors (Lipinski definition) is 2. The summed E-state index contributed by atoms with van der Waals surface area (Å²) in [6, 6.07) is -1.34. The molecule has 1 heterocycles. The van der Waals surface area contributed by atoms with Crippen LogP contribution < -0.4 is 11.1 Å². The van der Waals surface area contributed by atoms with Gasteiger partial charge in [0.2, 0.25) is 5.91 Å². The van der Waals surface area contributed by atoms with Crippen molar-refractivity contribution in [3.05, 3.63) is 0 Å². The summed E-state index contributed by atoms with van der Waals surface area (Å²) in [6.45, 7) is 2.33. The molecular formula is C10H17N3O5. The summed E-state index contributed by atoms with van der Waals surface area (Å²) in [5.74, 6) is -1.17. The number of nitrogens with one attached hydrogen (secondary N) is 1. The first-order valence-corrected chi connectivity index (χ1v) is 5.63. The molecule has 8 nitrogen and oxygen atoms in total. The van der Waals surface area contributed by atoms with Crippen LogP contribution in [0.2, 0.25) is 0 Å². The van der Waals surface area contributed by atoms with E-state index in [1.165, 1.54) is 4.90 Å². The van der Waals surface area contributed by atoms with Gasteiger partial charge >= 0.3 is 12.0 Å². The molecule has 0 spiro atoms. The number of amides is 3. The zero-order chi connectivity index (χ0) is 13.5. The minimum absolute atomic E-state index is 0.0716. The molecule has 1 saturated heterocycles. The molecule has 3 N–H and O–H groups in total. The van der Waals surface area contributed by atoms with E-state index in [4.69, 9.17) is 10.5 Å². The minimum Gasteiger partial charge on any atom is -0.465 e. The molecule has 0 aromatic heterocycles. The highest BCUT2D eigenvalue weighted by Gasteiger charge is 2.31. The number of morpholine rings is 1. The highest BCUT2D eigenvalue weighted by molar-refractivity contribution is 5.87.